The minimum Gasteiger partial charge on any atom is -0.508 e. The first-order valence-electron chi connectivity index (χ1n) is 8.27. The second kappa shape index (κ2) is 6.25. The summed E-state index contributed by atoms with van der Waals surface area (Å²) in [5.74, 6) is -0.430. The normalized spacial score (nSPS) is 17.9. The molecule has 4 rings (SSSR count). The van der Waals surface area contributed by atoms with Gasteiger partial charge >= 0.3 is 0 Å². The Morgan fingerprint density at radius 3 is 2.07 bits per heavy atom. The predicted octanol–water partition coefficient (Wildman–Crippen LogP) is 3.59. The smallest absolute Gasteiger partial charge is 0.150 e. The van der Waals surface area contributed by atoms with Crippen LogP contribution >= 0.6 is 0 Å². The molecule has 6 nitrogen and oxygen atoms in total. The van der Waals surface area contributed by atoms with Gasteiger partial charge in [0.15, 0.2) is 0 Å². The standard InChI is InChI=1S/C21H16O6/c22-10-11-5-17(26)20-18(6-11)27-21(12-1-3-14(23)4-2-12)19(20)13-7-15(24)9-16(25)8-13/h1-10,19,21,23-26H. The average molecular weight is 364 g/mol. The molecule has 3 aromatic rings. The molecule has 0 saturated carbocycles. The minimum absolute atomic E-state index is 0.104. The van der Waals surface area contributed by atoms with Crippen LogP contribution in [0, 0.1) is 0 Å². The first-order valence-corrected chi connectivity index (χ1v) is 8.27. The van der Waals surface area contributed by atoms with Crippen LogP contribution in [0.4, 0.5) is 0 Å². The van der Waals surface area contributed by atoms with Gasteiger partial charge in [0.05, 0.1) is 5.92 Å². The lowest BCUT2D eigenvalue weighted by molar-refractivity contribution is 0.112. The molecule has 1 heterocycles. The molecule has 1 aliphatic heterocycles. The number of phenols is 4. The van der Waals surface area contributed by atoms with Crippen molar-refractivity contribution in [2.75, 3.05) is 0 Å². The van der Waals surface area contributed by atoms with Crippen LogP contribution in [0.1, 0.15) is 39.1 Å². The summed E-state index contributed by atoms with van der Waals surface area (Å²) in [5.41, 5.74) is 2.00. The highest BCUT2D eigenvalue weighted by molar-refractivity contribution is 5.78. The van der Waals surface area contributed by atoms with E-state index in [-0.39, 0.29) is 28.6 Å². The van der Waals surface area contributed by atoms with Gasteiger partial charge in [0.1, 0.15) is 41.1 Å². The van der Waals surface area contributed by atoms with Crippen molar-refractivity contribution >= 4 is 6.29 Å². The van der Waals surface area contributed by atoms with Crippen molar-refractivity contribution in [1.82, 2.24) is 0 Å². The molecule has 0 fully saturated rings. The topological polar surface area (TPSA) is 107 Å². The van der Waals surface area contributed by atoms with Gasteiger partial charge in [-0.25, -0.2) is 0 Å². The summed E-state index contributed by atoms with van der Waals surface area (Å²) in [7, 11) is 0. The molecular weight excluding hydrogens is 348 g/mol. The van der Waals surface area contributed by atoms with E-state index >= 15 is 0 Å². The highest BCUT2D eigenvalue weighted by Gasteiger charge is 2.39. The molecule has 27 heavy (non-hydrogen) atoms. The van der Waals surface area contributed by atoms with E-state index in [1.165, 1.54) is 42.5 Å². The molecule has 0 amide bonds. The van der Waals surface area contributed by atoms with Crippen molar-refractivity contribution in [1.29, 1.82) is 0 Å². The maximum atomic E-state index is 11.1. The largest absolute Gasteiger partial charge is 0.508 e. The Balaban J connectivity index is 1.92. The van der Waals surface area contributed by atoms with Gasteiger partial charge in [-0.15, -0.1) is 0 Å². The molecule has 4 N–H and O–H groups in total. The maximum Gasteiger partial charge on any atom is 0.150 e. The average Bonchev–Trinajstić information content (AvgIpc) is 3.01. The van der Waals surface area contributed by atoms with E-state index in [1.807, 2.05) is 0 Å². The Labute approximate surface area is 154 Å². The molecule has 2 atom stereocenters. The van der Waals surface area contributed by atoms with E-state index in [0.29, 0.717) is 23.2 Å². The number of ether oxygens (including phenoxy) is 1. The van der Waals surface area contributed by atoms with Crippen molar-refractivity contribution < 1.29 is 30.0 Å². The highest BCUT2D eigenvalue weighted by Crippen LogP contribution is 2.53. The second-order valence-electron chi connectivity index (χ2n) is 6.46. The highest BCUT2D eigenvalue weighted by atomic mass is 16.5. The first kappa shape index (κ1) is 16.8. The summed E-state index contributed by atoms with van der Waals surface area (Å²) >= 11 is 0. The van der Waals surface area contributed by atoms with Crippen molar-refractivity contribution in [3.63, 3.8) is 0 Å². The fourth-order valence-electron chi connectivity index (χ4n) is 3.53. The van der Waals surface area contributed by atoms with Crippen LogP contribution in [-0.4, -0.2) is 26.7 Å². The SMILES string of the molecule is O=Cc1cc(O)c2c(c1)OC(c1ccc(O)cc1)C2c1cc(O)cc(O)c1. The van der Waals surface area contributed by atoms with E-state index in [1.54, 1.807) is 12.1 Å². The Bertz CT molecular complexity index is 1010. The zero-order valence-electron chi connectivity index (χ0n) is 14.0. The van der Waals surface area contributed by atoms with Crippen molar-refractivity contribution in [2.24, 2.45) is 0 Å². The summed E-state index contributed by atoms with van der Waals surface area (Å²) < 4.78 is 6.04. The molecule has 0 aromatic heterocycles. The Morgan fingerprint density at radius 1 is 0.778 bits per heavy atom. The number of fused-ring (bicyclic) bond motifs is 1. The molecule has 0 radical (unpaired) electrons. The van der Waals surface area contributed by atoms with Crippen LogP contribution in [0.5, 0.6) is 28.7 Å². The lowest BCUT2D eigenvalue weighted by Gasteiger charge is -2.21. The van der Waals surface area contributed by atoms with Gasteiger partial charge in [-0.3, -0.25) is 4.79 Å². The van der Waals surface area contributed by atoms with E-state index in [0.717, 1.165) is 5.56 Å². The number of hydrogen-bond acceptors (Lipinski definition) is 6. The van der Waals surface area contributed by atoms with Gasteiger partial charge < -0.3 is 25.2 Å². The van der Waals surface area contributed by atoms with E-state index in [2.05, 4.69) is 0 Å². The summed E-state index contributed by atoms with van der Waals surface area (Å²) in [5, 5.41) is 39.9. The van der Waals surface area contributed by atoms with Crippen LogP contribution in [0.3, 0.4) is 0 Å². The van der Waals surface area contributed by atoms with Crippen molar-refractivity contribution in [3.05, 3.63) is 76.9 Å². The quantitative estimate of drug-likeness (QED) is 0.529. The van der Waals surface area contributed by atoms with Crippen LogP contribution in [0.15, 0.2) is 54.6 Å². The molecule has 6 heteroatoms. The number of benzene rings is 3. The molecule has 136 valence electrons. The summed E-state index contributed by atoms with van der Waals surface area (Å²) in [4.78, 5) is 11.1. The maximum absolute atomic E-state index is 11.1. The van der Waals surface area contributed by atoms with Gasteiger partial charge in [0.25, 0.3) is 0 Å². The number of aromatic hydroxyl groups is 4. The molecule has 1 aliphatic rings. The fourth-order valence-corrected chi connectivity index (χ4v) is 3.53. The summed E-state index contributed by atoms with van der Waals surface area (Å²) in [6.07, 6.45) is 0.0292. The number of carbonyl (C=O) groups is 1. The third-order valence-corrected chi connectivity index (χ3v) is 4.65. The van der Waals surface area contributed by atoms with Gasteiger partial charge in [-0.1, -0.05) is 12.1 Å². The molecule has 0 saturated heterocycles. The number of hydrogen-bond donors (Lipinski definition) is 4. The monoisotopic (exact) mass is 364 g/mol. The Morgan fingerprint density at radius 2 is 1.44 bits per heavy atom. The van der Waals surface area contributed by atoms with Gasteiger partial charge in [0.2, 0.25) is 0 Å². The Hall–Kier alpha value is -3.67. The van der Waals surface area contributed by atoms with E-state index in [4.69, 9.17) is 4.74 Å². The van der Waals surface area contributed by atoms with Gasteiger partial charge in [0, 0.05) is 17.2 Å². The predicted molar refractivity (Wildman–Crippen MR) is 96.6 cm³/mol. The molecule has 2 unspecified atom stereocenters. The summed E-state index contributed by atoms with van der Waals surface area (Å²) in [6, 6.07) is 13.5. The number of aldehydes is 1. The van der Waals surface area contributed by atoms with Gasteiger partial charge in [-0.05, 0) is 47.5 Å². The second-order valence-corrected chi connectivity index (χ2v) is 6.46. The zero-order chi connectivity index (χ0) is 19.1. The van der Waals surface area contributed by atoms with Crippen LogP contribution < -0.4 is 4.74 Å². The number of carbonyl (C=O) groups excluding carboxylic acids is 1. The van der Waals surface area contributed by atoms with E-state index < -0.39 is 12.0 Å². The lowest BCUT2D eigenvalue weighted by Crippen LogP contribution is -2.11. The van der Waals surface area contributed by atoms with Crippen LogP contribution in [0.25, 0.3) is 0 Å². The van der Waals surface area contributed by atoms with Crippen LogP contribution in [0.2, 0.25) is 0 Å². The third kappa shape index (κ3) is 2.91. The van der Waals surface area contributed by atoms with E-state index in [9.17, 15) is 25.2 Å². The molecule has 0 spiro atoms. The van der Waals surface area contributed by atoms with Crippen LogP contribution in [-0.2, 0) is 0 Å². The fraction of sp³-hybridized carbons (Fsp3) is 0.0952. The van der Waals surface area contributed by atoms with Crippen molar-refractivity contribution in [2.45, 2.75) is 12.0 Å². The van der Waals surface area contributed by atoms with Crippen molar-refractivity contribution in [3.8, 4) is 28.7 Å². The third-order valence-electron chi connectivity index (χ3n) is 4.65. The molecule has 3 aromatic carbocycles. The molecule has 0 bridgehead atoms. The minimum atomic E-state index is -0.588. The lowest BCUT2D eigenvalue weighted by atomic mass is 9.84. The summed E-state index contributed by atoms with van der Waals surface area (Å²) in [6.45, 7) is 0. The molecular formula is C21H16O6. The number of phenolic OH excluding ortho intramolecular Hbond substituents is 4. The zero-order valence-corrected chi connectivity index (χ0v) is 14.0. The number of rotatable bonds is 3. The van der Waals surface area contributed by atoms with Gasteiger partial charge in [-0.2, -0.15) is 0 Å². The first-order chi connectivity index (χ1) is 13.0. The Kier molecular flexibility index (Phi) is 3.88. The molecule has 0 aliphatic carbocycles.